The van der Waals surface area contributed by atoms with Crippen LogP contribution in [-0.4, -0.2) is 33.9 Å². The molecule has 7 heteroatoms. The SMILES string of the molecule is Cc1c(C2CC(O)C(COC(c3ccccc3)(c3ccccc3)c3ccccc3)O2)[nH]c(=O)[nH]c1=O. The second-order valence-corrected chi connectivity index (χ2v) is 9.00. The first-order valence-corrected chi connectivity index (χ1v) is 12.0. The Hall–Kier alpha value is -3.78. The topological polar surface area (TPSA) is 104 Å². The maximum atomic E-state index is 12.1. The Balaban J connectivity index is 1.51. The fourth-order valence-electron chi connectivity index (χ4n) is 4.93. The molecule has 36 heavy (non-hydrogen) atoms. The minimum absolute atomic E-state index is 0.0861. The van der Waals surface area contributed by atoms with Crippen LogP contribution in [0.25, 0.3) is 0 Å². The van der Waals surface area contributed by atoms with Crippen molar-refractivity contribution in [1.29, 1.82) is 0 Å². The number of benzene rings is 3. The molecule has 1 saturated heterocycles. The maximum Gasteiger partial charge on any atom is 0.325 e. The second-order valence-electron chi connectivity index (χ2n) is 9.00. The summed E-state index contributed by atoms with van der Waals surface area (Å²) in [6.45, 7) is 1.71. The Kier molecular flexibility index (Phi) is 6.69. The summed E-state index contributed by atoms with van der Waals surface area (Å²) >= 11 is 0. The standard InChI is InChI=1S/C29H28N2O5/c1-19-26(30-28(34)31-27(19)33)24-17-23(32)25(36-24)18-35-29(20-11-5-2-6-12-20,21-13-7-3-8-14-21)22-15-9-4-10-16-22/h2-16,23-25,32H,17-18H2,1H3,(H2,30,31,33,34). The average Bonchev–Trinajstić information content (AvgIpc) is 3.28. The van der Waals surface area contributed by atoms with Gasteiger partial charge in [0.15, 0.2) is 0 Å². The van der Waals surface area contributed by atoms with E-state index in [1.54, 1.807) is 6.92 Å². The number of hydrogen-bond acceptors (Lipinski definition) is 5. The number of rotatable bonds is 7. The van der Waals surface area contributed by atoms with Crippen LogP contribution in [0.1, 0.15) is 40.5 Å². The van der Waals surface area contributed by atoms with Gasteiger partial charge in [0.05, 0.1) is 18.4 Å². The van der Waals surface area contributed by atoms with Crippen molar-refractivity contribution in [1.82, 2.24) is 9.97 Å². The largest absolute Gasteiger partial charge is 0.390 e. The molecule has 0 radical (unpaired) electrons. The van der Waals surface area contributed by atoms with Gasteiger partial charge in [-0.2, -0.15) is 0 Å². The Labute approximate surface area is 208 Å². The van der Waals surface area contributed by atoms with Crippen LogP contribution in [0.4, 0.5) is 0 Å². The van der Waals surface area contributed by atoms with E-state index < -0.39 is 35.2 Å². The van der Waals surface area contributed by atoms with Crippen LogP contribution in [0.5, 0.6) is 0 Å². The molecule has 0 amide bonds. The summed E-state index contributed by atoms with van der Waals surface area (Å²) in [6, 6.07) is 29.9. The second kappa shape index (κ2) is 10.1. The summed E-state index contributed by atoms with van der Waals surface area (Å²) < 4.78 is 12.9. The van der Waals surface area contributed by atoms with Crippen molar-refractivity contribution in [2.45, 2.75) is 37.3 Å². The first-order chi connectivity index (χ1) is 17.5. The molecule has 3 N–H and O–H groups in total. The summed E-state index contributed by atoms with van der Waals surface area (Å²) in [5.74, 6) is 0. The van der Waals surface area contributed by atoms with Gasteiger partial charge in [0.2, 0.25) is 0 Å². The van der Waals surface area contributed by atoms with Crippen LogP contribution >= 0.6 is 0 Å². The van der Waals surface area contributed by atoms with Crippen molar-refractivity contribution in [3.05, 3.63) is 140 Å². The van der Waals surface area contributed by atoms with E-state index in [4.69, 9.17) is 9.47 Å². The van der Waals surface area contributed by atoms with Crippen LogP contribution in [0.2, 0.25) is 0 Å². The Morgan fingerprint density at radius 3 is 1.86 bits per heavy atom. The number of ether oxygens (including phenoxy) is 2. The predicted molar refractivity (Wildman–Crippen MR) is 136 cm³/mol. The zero-order chi connectivity index (χ0) is 25.1. The normalized spacial score (nSPS) is 19.9. The van der Waals surface area contributed by atoms with Gasteiger partial charge in [-0.05, 0) is 23.6 Å². The number of aromatic amines is 2. The number of aliphatic hydroxyl groups is 1. The van der Waals surface area contributed by atoms with E-state index in [1.165, 1.54) is 0 Å². The highest BCUT2D eigenvalue weighted by atomic mass is 16.6. The number of aromatic nitrogens is 2. The fraction of sp³-hybridized carbons (Fsp3) is 0.241. The van der Waals surface area contributed by atoms with Crippen molar-refractivity contribution in [3.8, 4) is 0 Å². The van der Waals surface area contributed by atoms with E-state index in [0.717, 1.165) is 16.7 Å². The van der Waals surface area contributed by atoms with Crippen molar-refractivity contribution in [2.24, 2.45) is 0 Å². The van der Waals surface area contributed by atoms with Crippen LogP contribution in [0.15, 0.2) is 101 Å². The molecule has 0 spiro atoms. The molecular formula is C29H28N2O5. The third-order valence-corrected chi connectivity index (χ3v) is 6.77. The zero-order valence-electron chi connectivity index (χ0n) is 19.9. The quantitative estimate of drug-likeness (QED) is 0.348. The smallest absolute Gasteiger partial charge is 0.325 e. The molecular weight excluding hydrogens is 456 g/mol. The molecule has 0 aliphatic carbocycles. The van der Waals surface area contributed by atoms with Gasteiger partial charge in [-0.25, -0.2) is 4.79 Å². The van der Waals surface area contributed by atoms with E-state index >= 15 is 0 Å². The minimum Gasteiger partial charge on any atom is -0.390 e. The van der Waals surface area contributed by atoms with Crippen LogP contribution in [0.3, 0.4) is 0 Å². The highest BCUT2D eigenvalue weighted by Gasteiger charge is 2.42. The predicted octanol–water partition coefficient (Wildman–Crippen LogP) is 3.57. The van der Waals surface area contributed by atoms with Gasteiger partial charge < -0.3 is 19.6 Å². The van der Waals surface area contributed by atoms with Crippen LogP contribution in [-0.2, 0) is 15.1 Å². The van der Waals surface area contributed by atoms with Gasteiger partial charge in [0.1, 0.15) is 17.8 Å². The van der Waals surface area contributed by atoms with Gasteiger partial charge in [0.25, 0.3) is 5.56 Å². The fourth-order valence-corrected chi connectivity index (χ4v) is 4.93. The molecule has 2 heterocycles. The summed E-state index contributed by atoms with van der Waals surface area (Å²) in [7, 11) is 0. The third kappa shape index (κ3) is 4.44. The Morgan fingerprint density at radius 1 is 0.861 bits per heavy atom. The van der Waals surface area contributed by atoms with Gasteiger partial charge in [0, 0.05) is 12.0 Å². The maximum absolute atomic E-state index is 12.1. The summed E-state index contributed by atoms with van der Waals surface area (Å²) in [5.41, 5.74) is 1.56. The monoisotopic (exact) mass is 484 g/mol. The van der Waals surface area contributed by atoms with E-state index in [0.29, 0.717) is 11.3 Å². The summed E-state index contributed by atoms with van der Waals surface area (Å²) in [5, 5.41) is 10.9. The number of H-pyrrole nitrogens is 2. The lowest BCUT2D eigenvalue weighted by molar-refractivity contribution is -0.0833. The lowest BCUT2D eigenvalue weighted by Gasteiger charge is -2.37. The van der Waals surface area contributed by atoms with Gasteiger partial charge in [-0.3, -0.25) is 9.78 Å². The van der Waals surface area contributed by atoms with Gasteiger partial charge in [-0.1, -0.05) is 91.0 Å². The lowest BCUT2D eigenvalue weighted by Crippen LogP contribution is -2.38. The highest BCUT2D eigenvalue weighted by molar-refractivity contribution is 5.47. The molecule has 1 aliphatic rings. The number of aliphatic hydroxyl groups excluding tert-OH is 1. The van der Waals surface area contributed by atoms with E-state index in [-0.39, 0.29) is 13.0 Å². The third-order valence-electron chi connectivity index (χ3n) is 6.77. The van der Waals surface area contributed by atoms with Gasteiger partial charge >= 0.3 is 5.69 Å². The van der Waals surface area contributed by atoms with E-state index in [1.807, 2.05) is 91.0 Å². The first kappa shape index (κ1) is 23.9. The Morgan fingerprint density at radius 2 is 1.36 bits per heavy atom. The zero-order valence-corrected chi connectivity index (χ0v) is 19.9. The molecule has 0 bridgehead atoms. The molecule has 3 aromatic carbocycles. The molecule has 3 atom stereocenters. The molecule has 3 unspecified atom stereocenters. The van der Waals surface area contributed by atoms with Crippen molar-refractivity contribution >= 4 is 0 Å². The highest BCUT2D eigenvalue weighted by Crippen LogP contribution is 2.42. The molecule has 184 valence electrons. The molecule has 0 saturated carbocycles. The summed E-state index contributed by atoms with van der Waals surface area (Å²) in [4.78, 5) is 28.8. The van der Waals surface area contributed by atoms with Crippen LogP contribution < -0.4 is 11.2 Å². The molecule has 1 fully saturated rings. The first-order valence-electron chi connectivity index (χ1n) is 12.0. The molecule has 1 aliphatic heterocycles. The molecule has 5 rings (SSSR count). The molecule has 7 nitrogen and oxygen atoms in total. The van der Waals surface area contributed by atoms with Crippen molar-refractivity contribution in [3.63, 3.8) is 0 Å². The average molecular weight is 485 g/mol. The van der Waals surface area contributed by atoms with Crippen molar-refractivity contribution < 1.29 is 14.6 Å². The number of nitrogens with one attached hydrogen (secondary N) is 2. The van der Waals surface area contributed by atoms with Crippen LogP contribution in [0, 0.1) is 6.92 Å². The van der Waals surface area contributed by atoms with Gasteiger partial charge in [-0.15, -0.1) is 0 Å². The molecule has 1 aromatic heterocycles. The minimum atomic E-state index is -0.945. The Bertz CT molecular complexity index is 1320. The lowest BCUT2D eigenvalue weighted by atomic mass is 9.80. The number of hydrogen-bond donors (Lipinski definition) is 3. The van der Waals surface area contributed by atoms with Crippen molar-refractivity contribution in [2.75, 3.05) is 6.61 Å². The summed E-state index contributed by atoms with van der Waals surface area (Å²) in [6.07, 6.45) is -1.88. The van der Waals surface area contributed by atoms with E-state index in [9.17, 15) is 14.7 Å². The van der Waals surface area contributed by atoms with E-state index in [2.05, 4.69) is 9.97 Å². The molecule has 4 aromatic rings.